The van der Waals surface area contributed by atoms with Gasteiger partial charge >= 0.3 is 6.18 Å². The molecular formula is C25H30F3N5O3. The van der Waals surface area contributed by atoms with Crippen LogP contribution in [0.4, 0.5) is 19.1 Å². The number of carbonyl (C=O) groups excluding carboxylic acids is 2. The van der Waals surface area contributed by atoms with Crippen molar-refractivity contribution >= 4 is 17.8 Å². The molecule has 0 radical (unpaired) electrons. The Morgan fingerprint density at radius 1 is 1.22 bits per heavy atom. The van der Waals surface area contributed by atoms with E-state index in [0.29, 0.717) is 31.6 Å². The smallest absolute Gasteiger partial charge is 0.381 e. The average Bonchev–Trinajstić information content (AvgIpc) is 3.12. The minimum Gasteiger partial charge on any atom is -0.381 e. The van der Waals surface area contributed by atoms with E-state index in [1.165, 1.54) is 17.0 Å². The van der Waals surface area contributed by atoms with Crippen molar-refractivity contribution in [3.63, 3.8) is 0 Å². The van der Waals surface area contributed by atoms with Gasteiger partial charge in [0.25, 0.3) is 5.91 Å². The number of nitrogens with zero attached hydrogens (tertiary/aromatic N) is 4. The van der Waals surface area contributed by atoms with Crippen molar-refractivity contribution in [3.8, 4) is 11.3 Å². The molecular weight excluding hydrogens is 475 g/mol. The summed E-state index contributed by atoms with van der Waals surface area (Å²) in [4.78, 5) is 36.8. The highest BCUT2D eigenvalue weighted by molar-refractivity contribution is 6.01. The molecule has 1 N–H and O–H groups in total. The maximum absolute atomic E-state index is 13.8. The van der Waals surface area contributed by atoms with Crippen LogP contribution in [0.25, 0.3) is 11.3 Å². The molecule has 2 aliphatic rings. The zero-order chi connectivity index (χ0) is 26.3. The molecule has 8 nitrogen and oxygen atoms in total. The van der Waals surface area contributed by atoms with Crippen molar-refractivity contribution < 1.29 is 27.5 Å². The fraction of sp³-hybridized carbons (Fsp3) is 0.520. The molecule has 11 heteroatoms. The lowest BCUT2D eigenvalue weighted by Gasteiger charge is -2.33. The van der Waals surface area contributed by atoms with E-state index in [-0.39, 0.29) is 47.8 Å². The molecule has 0 bridgehead atoms. The second-order valence-corrected chi connectivity index (χ2v) is 10.1. The number of hydrogen-bond acceptors (Lipinski definition) is 6. The second kappa shape index (κ2) is 9.68. The summed E-state index contributed by atoms with van der Waals surface area (Å²) in [6.45, 7) is 6.89. The first-order valence-electron chi connectivity index (χ1n) is 11.8. The van der Waals surface area contributed by atoms with E-state index in [0.717, 1.165) is 6.20 Å². The molecule has 3 heterocycles. The van der Waals surface area contributed by atoms with Crippen molar-refractivity contribution in [2.75, 3.05) is 32.1 Å². The second-order valence-electron chi connectivity index (χ2n) is 10.1. The van der Waals surface area contributed by atoms with Crippen LogP contribution in [0.15, 0.2) is 24.4 Å². The summed E-state index contributed by atoms with van der Waals surface area (Å²) in [6, 6.07) is 4.57. The first kappa shape index (κ1) is 25.9. The fourth-order valence-corrected chi connectivity index (χ4v) is 4.18. The van der Waals surface area contributed by atoms with Gasteiger partial charge in [-0.15, -0.1) is 0 Å². The molecule has 1 saturated heterocycles. The fourth-order valence-electron chi connectivity index (χ4n) is 4.18. The molecule has 194 valence electrons. The van der Waals surface area contributed by atoms with Crippen molar-refractivity contribution in [2.24, 2.45) is 0 Å². The number of halogens is 3. The summed E-state index contributed by atoms with van der Waals surface area (Å²) in [6.07, 6.45) is -2.50. The van der Waals surface area contributed by atoms with Crippen LogP contribution in [0.5, 0.6) is 0 Å². The van der Waals surface area contributed by atoms with Gasteiger partial charge in [-0.25, -0.2) is 9.97 Å². The molecule has 1 aromatic heterocycles. The Bertz CT molecular complexity index is 1160. The molecule has 1 fully saturated rings. The molecule has 36 heavy (non-hydrogen) atoms. The Hall–Kier alpha value is -3.21. The molecule has 0 unspecified atom stereocenters. The van der Waals surface area contributed by atoms with Crippen molar-refractivity contribution in [2.45, 2.75) is 57.9 Å². The number of benzene rings is 1. The summed E-state index contributed by atoms with van der Waals surface area (Å²) in [5, 5.41) is 3.10. The quantitative estimate of drug-likeness (QED) is 0.662. The Morgan fingerprint density at radius 3 is 2.56 bits per heavy atom. The van der Waals surface area contributed by atoms with Crippen LogP contribution in [0.2, 0.25) is 0 Å². The summed E-state index contributed by atoms with van der Waals surface area (Å²) in [7, 11) is 1.67. The molecule has 1 aromatic carbocycles. The first-order valence-corrected chi connectivity index (χ1v) is 11.8. The standard InChI is InChI=1S/C25H30F3N5O3/c1-24(2,3)32(4)20(34)14-33-13-16-6-5-15(11-18(16)22(33)35)21-19(25(26,27)28)12-29-23(31-21)30-17-7-9-36-10-8-17/h5-6,11-12,17H,7-10,13-14H2,1-4H3,(H,29,30,31). The van der Waals surface area contributed by atoms with Gasteiger partial charge in [0.1, 0.15) is 12.1 Å². The number of nitrogens with one attached hydrogen (secondary N) is 1. The zero-order valence-corrected chi connectivity index (χ0v) is 20.8. The minimum absolute atomic E-state index is 0.00209. The minimum atomic E-state index is -4.68. The highest BCUT2D eigenvalue weighted by Crippen LogP contribution is 2.37. The number of ether oxygens (including phenoxy) is 1. The molecule has 4 rings (SSSR count). The predicted octanol–water partition coefficient (Wildman–Crippen LogP) is 3.97. The zero-order valence-electron chi connectivity index (χ0n) is 20.8. The van der Waals surface area contributed by atoms with Gasteiger partial charge in [0, 0.05) is 55.7 Å². The van der Waals surface area contributed by atoms with Crippen LogP contribution in [-0.2, 0) is 22.3 Å². The Kier molecular flexibility index (Phi) is 6.96. The Labute approximate surface area is 207 Å². The molecule has 0 aliphatic carbocycles. The lowest BCUT2D eigenvalue weighted by molar-refractivity contribution is -0.137. The van der Waals surface area contributed by atoms with Crippen molar-refractivity contribution in [1.82, 2.24) is 19.8 Å². The topological polar surface area (TPSA) is 87.7 Å². The maximum atomic E-state index is 13.8. The summed E-state index contributed by atoms with van der Waals surface area (Å²) >= 11 is 0. The Morgan fingerprint density at radius 2 is 1.92 bits per heavy atom. The number of aromatic nitrogens is 2. The maximum Gasteiger partial charge on any atom is 0.419 e. The van der Waals surface area contributed by atoms with Crippen LogP contribution in [0.3, 0.4) is 0 Å². The first-order chi connectivity index (χ1) is 16.8. The number of anilines is 1. The third kappa shape index (κ3) is 5.45. The van der Waals surface area contributed by atoms with Gasteiger partial charge in [0.05, 0.1) is 5.69 Å². The van der Waals surface area contributed by atoms with Crippen LogP contribution in [0.1, 0.15) is 55.1 Å². The summed E-state index contributed by atoms with van der Waals surface area (Å²) in [5.41, 5.74) is -0.611. The van der Waals surface area contributed by atoms with E-state index < -0.39 is 23.2 Å². The summed E-state index contributed by atoms with van der Waals surface area (Å²) in [5.74, 6) is -0.525. The summed E-state index contributed by atoms with van der Waals surface area (Å²) < 4.78 is 46.8. The monoisotopic (exact) mass is 505 g/mol. The lowest BCUT2D eigenvalue weighted by atomic mass is 10.0. The molecule has 0 spiro atoms. The van der Waals surface area contributed by atoms with Gasteiger partial charge < -0.3 is 19.9 Å². The van der Waals surface area contributed by atoms with E-state index in [1.807, 2.05) is 20.8 Å². The van der Waals surface area contributed by atoms with Gasteiger partial charge in [-0.2, -0.15) is 13.2 Å². The van der Waals surface area contributed by atoms with Crippen LogP contribution in [-0.4, -0.2) is 70.0 Å². The number of amides is 2. The van der Waals surface area contributed by atoms with Crippen molar-refractivity contribution in [1.29, 1.82) is 0 Å². The molecule has 2 amide bonds. The van der Waals surface area contributed by atoms with Gasteiger partial charge in [-0.3, -0.25) is 9.59 Å². The van der Waals surface area contributed by atoms with Crippen LogP contribution >= 0.6 is 0 Å². The third-order valence-electron chi connectivity index (χ3n) is 6.62. The molecule has 2 aromatic rings. The number of carbonyl (C=O) groups is 2. The predicted molar refractivity (Wildman–Crippen MR) is 127 cm³/mol. The molecule has 0 atom stereocenters. The number of rotatable bonds is 5. The van der Waals surface area contributed by atoms with Crippen LogP contribution < -0.4 is 5.32 Å². The lowest BCUT2D eigenvalue weighted by Crippen LogP contribution is -2.47. The molecule has 2 aliphatic heterocycles. The van der Waals surface area contributed by atoms with Gasteiger partial charge in [-0.05, 0) is 45.2 Å². The van der Waals surface area contributed by atoms with Gasteiger partial charge in [0.15, 0.2) is 0 Å². The van der Waals surface area contributed by atoms with Gasteiger partial charge in [-0.1, -0.05) is 12.1 Å². The number of alkyl halides is 3. The van der Waals surface area contributed by atoms with E-state index in [4.69, 9.17) is 4.74 Å². The third-order valence-corrected chi connectivity index (χ3v) is 6.62. The highest BCUT2D eigenvalue weighted by atomic mass is 19.4. The normalized spacial score (nSPS) is 16.8. The van der Waals surface area contributed by atoms with E-state index in [2.05, 4.69) is 15.3 Å². The average molecular weight is 506 g/mol. The molecule has 0 saturated carbocycles. The highest BCUT2D eigenvalue weighted by Gasteiger charge is 2.37. The van der Waals surface area contributed by atoms with E-state index >= 15 is 0 Å². The van der Waals surface area contributed by atoms with E-state index in [9.17, 15) is 22.8 Å². The Balaban J connectivity index is 1.61. The number of fused-ring (bicyclic) bond motifs is 1. The number of likely N-dealkylation sites (N-methyl/N-ethyl adjacent to an activating group) is 1. The van der Waals surface area contributed by atoms with E-state index in [1.54, 1.807) is 18.0 Å². The van der Waals surface area contributed by atoms with Crippen LogP contribution in [0, 0.1) is 0 Å². The van der Waals surface area contributed by atoms with Gasteiger partial charge in [0.2, 0.25) is 11.9 Å². The number of hydrogen-bond donors (Lipinski definition) is 1. The largest absolute Gasteiger partial charge is 0.419 e. The van der Waals surface area contributed by atoms with Crippen molar-refractivity contribution in [3.05, 3.63) is 41.1 Å². The SMILES string of the molecule is CN(C(=O)CN1Cc2ccc(-c3nc(NC4CCOCC4)ncc3C(F)(F)F)cc2C1=O)C(C)(C)C.